The lowest BCUT2D eigenvalue weighted by atomic mass is 9.52. The first-order valence-corrected chi connectivity index (χ1v) is 9.50. The average Bonchev–Trinajstić information content (AvgIpc) is 2.63. The van der Waals surface area contributed by atoms with Crippen LogP contribution in [0.2, 0.25) is 0 Å². The normalized spacial score (nSPS) is 30.0. The summed E-state index contributed by atoms with van der Waals surface area (Å²) < 4.78 is 0. The van der Waals surface area contributed by atoms with Gasteiger partial charge in [-0.25, -0.2) is 0 Å². The monoisotopic (exact) mass is 346 g/mol. The molecule has 0 radical (unpaired) electrons. The van der Waals surface area contributed by atoms with Crippen molar-refractivity contribution in [3.63, 3.8) is 0 Å². The Hall–Kier alpha value is -2.28. The lowest BCUT2D eigenvalue weighted by molar-refractivity contribution is -0.0149. The van der Waals surface area contributed by atoms with Gasteiger partial charge in [-0.1, -0.05) is 43.0 Å². The molecule has 2 aliphatic rings. The number of fused-ring (bicyclic) bond motifs is 3. The van der Waals surface area contributed by atoms with E-state index in [1.807, 2.05) is 12.1 Å². The van der Waals surface area contributed by atoms with Crippen molar-refractivity contribution in [3.8, 4) is 5.75 Å². The summed E-state index contributed by atoms with van der Waals surface area (Å²) in [7, 11) is 0. The molecule has 1 unspecified atom stereocenters. The van der Waals surface area contributed by atoms with Crippen LogP contribution >= 0.6 is 0 Å². The van der Waals surface area contributed by atoms with Crippen molar-refractivity contribution in [3.05, 3.63) is 83.6 Å². The molecule has 0 bridgehead atoms. The summed E-state index contributed by atoms with van der Waals surface area (Å²) in [4.78, 5) is 0. The average molecular weight is 346 g/mol. The maximum atomic E-state index is 11.0. The van der Waals surface area contributed by atoms with Gasteiger partial charge in [-0.15, -0.1) is 5.73 Å². The van der Waals surface area contributed by atoms with Gasteiger partial charge in [0.1, 0.15) is 5.75 Å². The second kappa shape index (κ2) is 6.46. The highest BCUT2D eigenvalue weighted by atomic mass is 16.3. The zero-order chi connectivity index (χ0) is 18.2. The molecule has 2 N–H and O–H groups in total. The molecule has 134 valence electrons. The van der Waals surface area contributed by atoms with Crippen LogP contribution in [0.15, 0.2) is 66.9 Å². The lowest BCUT2D eigenvalue weighted by Gasteiger charge is -2.52. The molecule has 0 amide bonds. The van der Waals surface area contributed by atoms with Gasteiger partial charge >= 0.3 is 0 Å². The minimum atomic E-state index is -0.791. The molecule has 4 rings (SSSR count). The van der Waals surface area contributed by atoms with E-state index in [0.29, 0.717) is 11.7 Å². The third-order valence-electron chi connectivity index (χ3n) is 6.51. The van der Waals surface area contributed by atoms with Gasteiger partial charge < -0.3 is 10.2 Å². The Kier molecular flexibility index (Phi) is 4.26. The summed E-state index contributed by atoms with van der Waals surface area (Å²) in [5, 5.41) is 20.9. The maximum absolute atomic E-state index is 11.0. The molecule has 3 atom stereocenters. The second-order valence-corrected chi connectivity index (χ2v) is 8.05. The summed E-state index contributed by atoms with van der Waals surface area (Å²) in [5.74, 6) is 0.752. The van der Waals surface area contributed by atoms with E-state index >= 15 is 0 Å². The molecular weight excluding hydrogens is 320 g/mol. The van der Waals surface area contributed by atoms with E-state index in [0.717, 1.165) is 38.5 Å². The molecule has 0 spiro atoms. The number of aliphatic hydroxyl groups is 1. The van der Waals surface area contributed by atoms with Gasteiger partial charge in [0.2, 0.25) is 0 Å². The zero-order valence-electron chi connectivity index (χ0n) is 15.1. The number of hydrogen-bond donors (Lipinski definition) is 2. The van der Waals surface area contributed by atoms with Gasteiger partial charge in [-0.05, 0) is 79.3 Å². The van der Waals surface area contributed by atoms with Crippen LogP contribution in [0.1, 0.15) is 42.4 Å². The van der Waals surface area contributed by atoms with Crippen molar-refractivity contribution >= 4 is 0 Å². The van der Waals surface area contributed by atoms with Crippen molar-refractivity contribution in [2.24, 2.45) is 5.92 Å². The number of aryl methyl sites for hydroxylation is 1. The van der Waals surface area contributed by atoms with Gasteiger partial charge in [0.15, 0.2) is 0 Å². The van der Waals surface area contributed by atoms with Crippen LogP contribution in [0.4, 0.5) is 0 Å². The van der Waals surface area contributed by atoms with Gasteiger partial charge in [-0.2, -0.15) is 0 Å². The fraction of sp³-hybridized carbons (Fsp3) is 0.375. The van der Waals surface area contributed by atoms with Gasteiger partial charge in [-0.3, -0.25) is 0 Å². The summed E-state index contributed by atoms with van der Waals surface area (Å²) in [6, 6.07) is 16.5. The fourth-order valence-electron chi connectivity index (χ4n) is 5.31. The van der Waals surface area contributed by atoms with Crippen LogP contribution < -0.4 is 0 Å². The van der Waals surface area contributed by atoms with Crippen LogP contribution in [0, 0.1) is 5.92 Å². The lowest BCUT2D eigenvalue weighted by Crippen LogP contribution is -2.50. The summed E-state index contributed by atoms with van der Waals surface area (Å²) in [5.41, 5.74) is 5.99. The van der Waals surface area contributed by atoms with E-state index in [2.05, 4.69) is 48.7 Å². The topological polar surface area (TPSA) is 40.5 Å². The van der Waals surface area contributed by atoms with Crippen molar-refractivity contribution in [1.82, 2.24) is 0 Å². The molecule has 2 aliphatic carbocycles. The third-order valence-corrected chi connectivity index (χ3v) is 6.51. The molecule has 2 aromatic rings. The highest BCUT2D eigenvalue weighted by molar-refractivity contribution is 5.44. The predicted octanol–water partition coefficient (Wildman–Crippen LogP) is 4.69. The highest BCUT2D eigenvalue weighted by Crippen LogP contribution is 2.54. The Morgan fingerprint density at radius 1 is 1.15 bits per heavy atom. The van der Waals surface area contributed by atoms with E-state index in [1.54, 1.807) is 6.08 Å². The third kappa shape index (κ3) is 2.90. The van der Waals surface area contributed by atoms with Crippen molar-refractivity contribution in [2.75, 3.05) is 0 Å². The fourth-order valence-corrected chi connectivity index (χ4v) is 5.31. The molecule has 1 saturated carbocycles. The predicted molar refractivity (Wildman–Crippen MR) is 104 cm³/mol. The largest absolute Gasteiger partial charge is 0.508 e. The first kappa shape index (κ1) is 17.1. The molecule has 26 heavy (non-hydrogen) atoms. The number of aromatic hydroxyl groups is 1. The smallest absolute Gasteiger partial charge is 0.115 e. The Balaban J connectivity index is 1.80. The van der Waals surface area contributed by atoms with E-state index in [1.165, 1.54) is 16.7 Å². The quantitative estimate of drug-likeness (QED) is 0.792. The number of rotatable bonds is 3. The molecular formula is C24H26O2. The number of phenols is 1. The van der Waals surface area contributed by atoms with Gasteiger partial charge in [0.05, 0.1) is 5.60 Å². The van der Waals surface area contributed by atoms with Crippen LogP contribution in [0.25, 0.3) is 0 Å². The molecule has 0 aliphatic heterocycles. The second-order valence-electron chi connectivity index (χ2n) is 8.05. The molecule has 1 fully saturated rings. The number of hydrogen-bond acceptors (Lipinski definition) is 2. The Bertz CT molecular complexity index is 850. The Morgan fingerprint density at radius 2 is 1.96 bits per heavy atom. The summed E-state index contributed by atoms with van der Waals surface area (Å²) in [6.45, 7) is 3.67. The summed E-state index contributed by atoms with van der Waals surface area (Å²) >= 11 is 0. The van der Waals surface area contributed by atoms with Crippen molar-refractivity contribution in [1.29, 1.82) is 0 Å². The molecule has 0 aromatic heterocycles. The highest BCUT2D eigenvalue weighted by Gasteiger charge is 2.50. The van der Waals surface area contributed by atoms with Crippen LogP contribution in [0.3, 0.4) is 0 Å². The van der Waals surface area contributed by atoms with E-state index in [-0.39, 0.29) is 5.41 Å². The van der Waals surface area contributed by atoms with E-state index in [9.17, 15) is 10.2 Å². The SMILES string of the molecule is C=C=CC1(O)CC[C@@]2(Cc3ccccc3)c3ccc(O)cc3CC[C@@H]2C1. The standard InChI is InChI=1S/C24H26O2/c1-2-12-23(26)13-14-24(16-18-6-4-3-5-7-18)20(17-23)9-8-19-15-21(25)10-11-22(19)24/h3-7,10-12,15,20,25-26H,1,8-9,13-14,16-17H2/t20-,23?,24+/m1/s1. The molecule has 0 saturated heterocycles. The van der Waals surface area contributed by atoms with Crippen LogP contribution in [-0.4, -0.2) is 15.8 Å². The number of phenolic OH excluding ortho intramolecular Hbond substituents is 1. The minimum Gasteiger partial charge on any atom is -0.508 e. The minimum absolute atomic E-state index is 0.0177. The molecule has 0 heterocycles. The van der Waals surface area contributed by atoms with Gasteiger partial charge in [0, 0.05) is 5.41 Å². The van der Waals surface area contributed by atoms with Crippen molar-refractivity contribution in [2.45, 2.75) is 49.5 Å². The van der Waals surface area contributed by atoms with Crippen molar-refractivity contribution < 1.29 is 10.2 Å². The first-order valence-electron chi connectivity index (χ1n) is 9.50. The molecule has 2 nitrogen and oxygen atoms in total. The van der Waals surface area contributed by atoms with Gasteiger partial charge in [0.25, 0.3) is 0 Å². The Morgan fingerprint density at radius 3 is 2.73 bits per heavy atom. The number of benzene rings is 2. The molecule has 2 heteroatoms. The van der Waals surface area contributed by atoms with E-state index < -0.39 is 5.60 Å². The first-order chi connectivity index (χ1) is 12.5. The molecule has 2 aromatic carbocycles. The zero-order valence-corrected chi connectivity index (χ0v) is 15.1. The summed E-state index contributed by atoms with van der Waals surface area (Å²) in [6.07, 6.45) is 7.13. The maximum Gasteiger partial charge on any atom is 0.115 e. The van der Waals surface area contributed by atoms with Crippen LogP contribution in [0.5, 0.6) is 5.75 Å². The van der Waals surface area contributed by atoms with E-state index in [4.69, 9.17) is 0 Å². The Labute approximate surface area is 155 Å². The van der Waals surface area contributed by atoms with Crippen LogP contribution in [-0.2, 0) is 18.3 Å².